The highest BCUT2D eigenvalue weighted by Gasteiger charge is 2.15. The Balaban J connectivity index is 1.62. The zero-order valence-electron chi connectivity index (χ0n) is 14.4. The average Bonchev–Trinajstić information content (AvgIpc) is 2.92. The van der Waals surface area contributed by atoms with Gasteiger partial charge in [0.1, 0.15) is 12.4 Å². The van der Waals surface area contributed by atoms with Crippen LogP contribution in [0.4, 0.5) is 0 Å². The van der Waals surface area contributed by atoms with Crippen LogP contribution in [0.5, 0.6) is 0 Å². The third kappa shape index (κ3) is 3.22. The van der Waals surface area contributed by atoms with Crippen molar-refractivity contribution in [2.45, 2.75) is 38.8 Å². The minimum Gasteiger partial charge on any atom is -0.457 e. The molecule has 0 spiro atoms. The van der Waals surface area contributed by atoms with Crippen LogP contribution in [0.15, 0.2) is 47.5 Å². The Hall–Kier alpha value is -3.02. The fourth-order valence-electron chi connectivity index (χ4n) is 3.26. The zero-order valence-corrected chi connectivity index (χ0v) is 14.4. The van der Waals surface area contributed by atoms with Crippen LogP contribution >= 0.6 is 0 Å². The molecule has 0 N–H and O–H groups in total. The number of esters is 1. The van der Waals surface area contributed by atoms with E-state index in [9.17, 15) is 9.59 Å². The van der Waals surface area contributed by atoms with Gasteiger partial charge in [0.05, 0.1) is 16.5 Å². The summed E-state index contributed by atoms with van der Waals surface area (Å²) in [6.45, 7) is 0.872. The summed E-state index contributed by atoms with van der Waals surface area (Å²) < 4.78 is 7.11. The van der Waals surface area contributed by atoms with Gasteiger partial charge in [0.2, 0.25) is 0 Å². The number of benzene rings is 1. The maximum Gasteiger partial charge on any atom is 0.338 e. The highest BCUT2D eigenvalue weighted by Crippen LogP contribution is 2.17. The summed E-state index contributed by atoms with van der Waals surface area (Å²) in [5, 5.41) is 0.541. The Labute approximate surface area is 150 Å². The van der Waals surface area contributed by atoms with Crippen LogP contribution in [0.25, 0.3) is 10.9 Å². The van der Waals surface area contributed by atoms with E-state index in [1.54, 1.807) is 41.2 Å². The molecule has 3 heterocycles. The Morgan fingerprint density at radius 3 is 2.96 bits per heavy atom. The van der Waals surface area contributed by atoms with Crippen LogP contribution in [0.3, 0.4) is 0 Å². The molecule has 0 bridgehead atoms. The van der Waals surface area contributed by atoms with Crippen LogP contribution in [-0.4, -0.2) is 20.5 Å². The standard InChI is InChI=1S/C20H19N3O3/c24-19-16-8-7-15(20(25)26-13-14-5-4-9-21-12-14)11-17(16)22-18-6-2-1-3-10-23(18)19/h4-5,7-9,11-12H,1-3,6,10,13H2. The number of fused-ring (bicyclic) bond motifs is 2. The second-order valence-electron chi connectivity index (χ2n) is 6.46. The molecule has 1 aliphatic heterocycles. The molecule has 0 fully saturated rings. The maximum absolute atomic E-state index is 12.7. The second-order valence-corrected chi connectivity index (χ2v) is 6.46. The number of aromatic nitrogens is 3. The summed E-state index contributed by atoms with van der Waals surface area (Å²) in [4.78, 5) is 33.7. The van der Waals surface area contributed by atoms with Crippen LogP contribution < -0.4 is 5.56 Å². The van der Waals surface area contributed by atoms with Crippen molar-refractivity contribution < 1.29 is 9.53 Å². The van der Waals surface area contributed by atoms with E-state index in [0.29, 0.717) is 23.0 Å². The largest absolute Gasteiger partial charge is 0.457 e. The quantitative estimate of drug-likeness (QED) is 0.680. The predicted molar refractivity (Wildman–Crippen MR) is 96.9 cm³/mol. The molecule has 3 aromatic rings. The SMILES string of the molecule is O=C(OCc1cccnc1)c1ccc2c(=O)n3c(nc2c1)CCCCC3. The first-order chi connectivity index (χ1) is 12.7. The molecule has 4 rings (SSSR count). The number of rotatable bonds is 3. The monoisotopic (exact) mass is 349 g/mol. The number of hydrogen-bond donors (Lipinski definition) is 0. The van der Waals surface area contributed by atoms with Crippen molar-refractivity contribution in [3.05, 3.63) is 70.0 Å². The second kappa shape index (κ2) is 7.07. The lowest BCUT2D eigenvalue weighted by Gasteiger charge is -2.11. The molecular weight excluding hydrogens is 330 g/mol. The Morgan fingerprint density at radius 1 is 1.19 bits per heavy atom. The molecule has 0 saturated carbocycles. The lowest BCUT2D eigenvalue weighted by Crippen LogP contribution is -2.24. The van der Waals surface area contributed by atoms with Gasteiger partial charge in [-0.05, 0) is 37.1 Å². The Morgan fingerprint density at radius 2 is 2.12 bits per heavy atom. The fraction of sp³-hybridized carbons (Fsp3) is 0.300. The maximum atomic E-state index is 12.7. The van der Waals surface area contributed by atoms with Gasteiger partial charge < -0.3 is 4.74 Å². The molecule has 2 aromatic heterocycles. The van der Waals surface area contributed by atoms with Crippen molar-refractivity contribution in [2.24, 2.45) is 0 Å². The molecule has 132 valence electrons. The third-order valence-electron chi connectivity index (χ3n) is 4.64. The van der Waals surface area contributed by atoms with Crippen LogP contribution in [-0.2, 0) is 24.3 Å². The third-order valence-corrected chi connectivity index (χ3v) is 4.64. The first kappa shape index (κ1) is 16.4. The molecule has 6 heteroatoms. The first-order valence-corrected chi connectivity index (χ1v) is 8.82. The average molecular weight is 349 g/mol. The van der Waals surface area contributed by atoms with E-state index in [-0.39, 0.29) is 12.2 Å². The van der Waals surface area contributed by atoms with Gasteiger partial charge in [-0.3, -0.25) is 14.3 Å². The molecule has 0 saturated heterocycles. The number of carbonyl (C=O) groups is 1. The molecule has 0 radical (unpaired) electrons. The summed E-state index contributed by atoms with van der Waals surface area (Å²) in [5.41, 5.74) is 1.75. The highest BCUT2D eigenvalue weighted by atomic mass is 16.5. The molecule has 0 amide bonds. The Bertz CT molecular complexity index is 1010. The number of nitrogens with zero attached hydrogens (tertiary/aromatic N) is 3. The number of ether oxygens (including phenoxy) is 1. The van der Waals surface area contributed by atoms with E-state index in [1.165, 1.54) is 0 Å². The minimum absolute atomic E-state index is 0.0258. The van der Waals surface area contributed by atoms with Crippen molar-refractivity contribution in [1.82, 2.24) is 14.5 Å². The smallest absolute Gasteiger partial charge is 0.338 e. The highest BCUT2D eigenvalue weighted by molar-refractivity contribution is 5.94. The lowest BCUT2D eigenvalue weighted by atomic mass is 10.1. The van der Waals surface area contributed by atoms with Crippen molar-refractivity contribution in [3.63, 3.8) is 0 Å². The summed E-state index contributed by atoms with van der Waals surface area (Å²) in [6.07, 6.45) is 7.25. The van der Waals surface area contributed by atoms with Gasteiger partial charge in [-0.2, -0.15) is 0 Å². The molecule has 0 atom stereocenters. The van der Waals surface area contributed by atoms with Crippen LogP contribution in [0.1, 0.15) is 41.0 Å². The number of pyridine rings is 1. The summed E-state index contributed by atoms with van der Waals surface area (Å²) in [5.74, 6) is 0.369. The molecule has 1 aliphatic rings. The Kier molecular flexibility index (Phi) is 4.48. The fourth-order valence-corrected chi connectivity index (χ4v) is 3.26. The first-order valence-electron chi connectivity index (χ1n) is 8.82. The van der Waals surface area contributed by atoms with Crippen LogP contribution in [0, 0.1) is 0 Å². The molecule has 0 aliphatic carbocycles. The normalized spacial score (nSPS) is 13.8. The minimum atomic E-state index is -0.437. The number of hydrogen-bond acceptors (Lipinski definition) is 5. The predicted octanol–water partition coefficient (Wildman–Crippen LogP) is 2.87. The van der Waals surface area contributed by atoms with Crippen molar-refractivity contribution in [3.8, 4) is 0 Å². The molecular formula is C20H19N3O3. The summed E-state index contributed by atoms with van der Waals surface area (Å²) in [6, 6.07) is 8.58. The zero-order chi connectivity index (χ0) is 17.9. The molecule has 0 unspecified atom stereocenters. The van der Waals surface area contributed by atoms with Gasteiger partial charge in [-0.15, -0.1) is 0 Å². The van der Waals surface area contributed by atoms with Crippen LogP contribution in [0.2, 0.25) is 0 Å². The van der Waals surface area contributed by atoms with E-state index in [0.717, 1.165) is 37.1 Å². The summed E-state index contributed by atoms with van der Waals surface area (Å²) in [7, 11) is 0. The van der Waals surface area contributed by atoms with E-state index in [2.05, 4.69) is 9.97 Å². The van der Waals surface area contributed by atoms with E-state index >= 15 is 0 Å². The van der Waals surface area contributed by atoms with Gasteiger partial charge >= 0.3 is 5.97 Å². The van der Waals surface area contributed by atoms with E-state index in [4.69, 9.17) is 4.74 Å². The van der Waals surface area contributed by atoms with E-state index < -0.39 is 5.97 Å². The number of aryl methyl sites for hydroxylation is 1. The topological polar surface area (TPSA) is 74.1 Å². The molecule has 6 nitrogen and oxygen atoms in total. The van der Waals surface area contributed by atoms with Gasteiger partial charge in [0.15, 0.2) is 0 Å². The summed E-state index contributed by atoms with van der Waals surface area (Å²) >= 11 is 0. The van der Waals surface area contributed by atoms with Crippen molar-refractivity contribution in [2.75, 3.05) is 0 Å². The number of carbonyl (C=O) groups excluding carboxylic acids is 1. The lowest BCUT2D eigenvalue weighted by molar-refractivity contribution is 0.0472. The van der Waals surface area contributed by atoms with Gasteiger partial charge in [0, 0.05) is 30.9 Å². The van der Waals surface area contributed by atoms with Gasteiger partial charge in [-0.1, -0.05) is 12.5 Å². The van der Waals surface area contributed by atoms with Gasteiger partial charge in [0.25, 0.3) is 5.56 Å². The molecule has 26 heavy (non-hydrogen) atoms. The van der Waals surface area contributed by atoms with E-state index in [1.807, 2.05) is 6.07 Å². The molecule has 1 aromatic carbocycles. The van der Waals surface area contributed by atoms with Gasteiger partial charge in [-0.25, -0.2) is 9.78 Å². The van der Waals surface area contributed by atoms with Crippen molar-refractivity contribution in [1.29, 1.82) is 0 Å². The van der Waals surface area contributed by atoms with Crippen molar-refractivity contribution >= 4 is 16.9 Å².